The second-order valence-corrected chi connectivity index (χ2v) is 9.03. The van der Waals surface area contributed by atoms with Gasteiger partial charge in [0.05, 0.1) is 9.82 Å². The summed E-state index contributed by atoms with van der Waals surface area (Å²) < 4.78 is 26.5. The number of nitrogens with zero attached hydrogens (tertiary/aromatic N) is 2. The first-order chi connectivity index (χ1) is 13.8. The van der Waals surface area contributed by atoms with Crippen LogP contribution in [0.1, 0.15) is 28.8 Å². The van der Waals surface area contributed by atoms with E-state index in [2.05, 4.69) is 5.32 Å². The molecule has 1 saturated heterocycles. The summed E-state index contributed by atoms with van der Waals surface area (Å²) in [7, 11) is -3.44. The number of nitro groups is 1. The molecule has 0 bridgehead atoms. The molecule has 0 aliphatic carbocycles. The van der Waals surface area contributed by atoms with Crippen LogP contribution in [0.2, 0.25) is 5.02 Å². The lowest BCUT2D eigenvalue weighted by Crippen LogP contribution is -2.28. The average molecular weight is 438 g/mol. The highest BCUT2D eigenvalue weighted by Gasteiger charge is 2.26. The van der Waals surface area contributed by atoms with E-state index in [9.17, 15) is 23.3 Å². The van der Waals surface area contributed by atoms with Gasteiger partial charge >= 0.3 is 0 Å². The third-order valence-corrected chi connectivity index (χ3v) is 6.96. The van der Waals surface area contributed by atoms with Crippen LogP contribution in [-0.4, -0.2) is 43.2 Å². The van der Waals surface area contributed by atoms with Crippen LogP contribution in [0.25, 0.3) is 0 Å². The highest BCUT2D eigenvalue weighted by Crippen LogP contribution is 2.25. The molecule has 0 aromatic heterocycles. The van der Waals surface area contributed by atoms with E-state index in [0.717, 1.165) is 24.5 Å². The molecule has 3 rings (SSSR count). The minimum Gasteiger partial charge on any atom is -0.352 e. The first kappa shape index (κ1) is 21.2. The van der Waals surface area contributed by atoms with E-state index in [1.54, 1.807) is 24.3 Å². The van der Waals surface area contributed by atoms with Gasteiger partial charge in [-0.05, 0) is 49.1 Å². The largest absolute Gasteiger partial charge is 0.352 e. The minimum absolute atomic E-state index is 0.0319. The Morgan fingerprint density at radius 3 is 2.41 bits per heavy atom. The van der Waals surface area contributed by atoms with E-state index in [0.29, 0.717) is 26.1 Å². The predicted octanol–water partition coefficient (Wildman–Crippen LogP) is 3.01. The molecule has 154 valence electrons. The highest BCUT2D eigenvalue weighted by atomic mass is 35.5. The maximum absolute atomic E-state index is 12.5. The van der Waals surface area contributed by atoms with Gasteiger partial charge in [-0.15, -0.1) is 0 Å². The third kappa shape index (κ3) is 4.92. The first-order valence-corrected chi connectivity index (χ1v) is 10.9. The molecule has 0 radical (unpaired) electrons. The average Bonchev–Trinajstić information content (AvgIpc) is 3.24. The zero-order valence-corrected chi connectivity index (χ0v) is 17.1. The zero-order valence-electron chi connectivity index (χ0n) is 15.5. The van der Waals surface area contributed by atoms with Gasteiger partial charge < -0.3 is 5.32 Å². The summed E-state index contributed by atoms with van der Waals surface area (Å²) in [6, 6.07) is 10.5. The molecular formula is C19H20ClN3O5S. The van der Waals surface area contributed by atoms with Crippen molar-refractivity contribution in [2.45, 2.75) is 24.2 Å². The summed E-state index contributed by atoms with van der Waals surface area (Å²) in [4.78, 5) is 22.7. The smallest absolute Gasteiger partial charge is 0.288 e. The molecule has 10 heteroatoms. The van der Waals surface area contributed by atoms with Gasteiger partial charge in [-0.25, -0.2) is 8.42 Å². The Balaban J connectivity index is 1.57. The summed E-state index contributed by atoms with van der Waals surface area (Å²) in [6.07, 6.45) is 2.26. The molecule has 8 nitrogen and oxygen atoms in total. The Bertz CT molecular complexity index is 1020. The molecule has 2 aromatic carbocycles. The zero-order chi connectivity index (χ0) is 21.0. The topological polar surface area (TPSA) is 110 Å². The molecule has 0 atom stereocenters. The molecular weight excluding hydrogens is 418 g/mol. The summed E-state index contributed by atoms with van der Waals surface area (Å²) in [5.74, 6) is -0.446. The van der Waals surface area contributed by atoms with Crippen molar-refractivity contribution in [3.8, 4) is 0 Å². The second-order valence-electron chi connectivity index (χ2n) is 6.68. The molecule has 1 amide bonds. The van der Waals surface area contributed by atoms with Crippen molar-refractivity contribution in [3.05, 3.63) is 68.7 Å². The number of nitrogens with one attached hydrogen (secondary N) is 1. The molecule has 1 heterocycles. The lowest BCUT2D eigenvalue weighted by atomic mass is 10.1. The second kappa shape index (κ2) is 8.89. The van der Waals surface area contributed by atoms with E-state index in [4.69, 9.17) is 11.6 Å². The normalized spacial score (nSPS) is 14.7. The van der Waals surface area contributed by atoms with Crippen molar-refractivity contribution in [1.82, 2.24) is 9.62 Å². The van der Waals surface area contributed by atoms with E-state index in [1.807, 2.05) is 0 Å². The van der Waals surface area contributed by atoms with Gasteiger partial charge in [0.15, 0.2) is 0 Å². The van der Waals surface area contributed by atoms with Crippen molar-refractivity contribution in [2.24, 2.45) is 0 Å². The Kier molecular flexibility index (Phi) is 6.51. The Morgan fingerprint density at radius 2 is 1.79 bits per heavy atom. The molecule has 1 N–H and O–H groups in total. The molecule has 0 unspecified atom stereocenters. The SMILES string of the molecule is O=C(NCCc1ccc(S(=O)(=O)N2CCCC2)cc1)c1ccc(Cl)c([N+](=O)[O-])c1. The Hall–Kier alpha value is -2.49. The van der Waals surface area contributed by atoms with Crippen LogP contribution in [0.4, 0.5) is 5.69 Å². The number of benzene rings is 2. The first-order valence-electron chi connectivity index (χ1n) is 9.10. The number of hydrogen-bond donors (Lipinski definition) is 1. The number of rotatable bonds is 7. The van der Waals surface area contributed by atoms with Crippen molar-refractivity contribution in [3.63, 3.8) is 0 Å². The van der Waals surface area contributed by atoms with Crippen LogP contribution in [0.3, 0.4) is 0 Å². The summed E-state index contributed by atoms with van der Waals surface area (Å²) in [6.45, 7) is 1.41. The van der Waals surface area contributed by atoms with Crippen LogP contribution in [-0.2, 0) is 16.4 Å². The van der Waals surface area contributed by atoms with Crippen LogP contribution < -0.4 is 5.32 Å². The van der Waals surface area contributed by atoms with Crippen molar-refractivity contribution >= 4 is 33.2 Å². The number of sulfonamides is 1. The van der Waals surface area contributed by atoms with Crippen LogP contribution in [0.15, 0.2) is 47.4 Å². The van der Waals surface area contributed by atoms with Gasteiger partial charge in [-0.1, -0.05) is 23.7 Å². The Morgan fingerprint density at radius 1 is 1.14 bits per heavy atom. The fourth-order valence-electron chi connectivity index (χ4n) is 3.12. The monoisotopic (exact) mass is 437 g/mol. The van der Waals surface area contributed by atoms with Crippen LogP contribution >= 0.6 is 11.6 Å². The van der Waals surface area contributed by atoms with Gasteiger partial charge in [0.1, 0.15) is 5.02 Å². The fraction of sp³-hybridized carbons (Fsp3) is 0.316. The maximum atomic E-state index is 12.5. The highest BCUT2D eigenvalue weighted by molar-refractivity contribution is 7.89. The molecule has 2 aromatic rings. The van der Waals surface area contributed by atoms with Gasteiger partial charge in [0.2, 0.25) is 10.0 Å². The number of halogens is 1. The van der Waals surface area contributed by atoms with Crippen LogP contribution in [0.5, 0.6) is 0 Å². The van der Waals surface area contributed by atoms with Crippen LogP contribution in [0, 0.1) is 10.1 Å². The molecule has 29 heavy (non-hydrogen) atoms. The summed E-state index contributed by atoms with van der Waals surface area (Å²) in [5.41, 5.74) is 0.690. The van der Waals surface area contributed by atoms with Crippen molar-refractivity contribution in [1.29, 1.82) is 0 Å². The minimum atomic E-state index is -3.44. The van der Waals surface area contributed by atoms with Gasteiger partial charge in [-0.2, -0.15) is 4.31 Å². The van der Waals surface area contributed by atoms with E-state index in [-0.39, 0.29) is 21.2 Å². The Labute approximate surface area is 173 Å². The summed E-state index contributed by atoms with van der Waals surface area (Å²) in [5, 5.41) is 13.6. The fourth-order valence-corrected chi connectivity index (χ4v) is 4.83. The summed E-state index contributed by atoms with van der Waals surface area (Å²) >= 11 is 5.75. The third-order valence-electron chi connectivity index (χ3n) is 4.73. The maximum Gasteiger partial charge on any atom is 0.288 e. The molecule has 1 aliphatic heterocycles. The number of hydrogen-bond acceptors (Lipinski definition) is 5. The number of carbonyl (C=O) groups excluding carboxylic acids is 1. The van der Waals surface area contributed by atoms with E-state index >= 15 is 0 Å². The van der Waals surface area contributed by atoms with Gasteiger partial charge in [0.25, 0.3) is 11.6 Å². The molecule has 0 spiro atoms. The number of amides is 1. The lowest BCUT2D eigenvalue weighted by molar-refractivity contribution is -0.384. The molecule has 1 fully saturated rings. The standard InChI is InChI=1S/C19H20ClN3O5S/c20-17-8-5-15(13-18(17)23(25)26)19(24)21-10-9-14-3-6-16(7-4-14)29(27,28)22-11-1-2-12-22/h3-8,13H,1-2,9-12H2,(H,21,24). The number of nitro benzene ring substituents is 1. The lowest BCUT2D eigenvalue weighted by Gasteiger charge is -2.15. The van der Waals surface area contributed by atoms with E-state index in [1.165, 1.54) is 16.4 Å². The number of carbonyl (C=O) groups is 1. The van der Waals surface area contributed by atoms with E-state index < -0.39 is 20.9 Å². The van der Waals surface area contributed by atoms with Gasteiger partial charge in [-0.3, -0.25) is 14.9 Å². The van der Waals surface area contributed by atoms with Crippen molar-refractivity contribution < 1.29 is 18.1 Å². The quantitative estimate of drug-likeness (QED) is 0.528. The van der Waals surface area contributed by atoms with Crippen molar-refractivity contribution in [2.75, 3.05) is 19.6 Å². The van der Waals surface area contributed by atoms with Gasteiger partial charge in [0, 0.05) is 31.3 Å². The molecule has 1 aliphatic rings. The molecule has 0 saturated carbocycles. The predicted molar refractivity (Wildman–Crippen MR) is 109 cm³/mol.